The van der Waals surface area contributed by atoms with Crippen LogP contribution in [0.3, 0.4) is 0 Å². The Balaban J connectivity index is 1.49. The summed E-state index contributed by atoms with van der Waals surface area (Å²) >= 11 is 0. The molecule has 0 saturated carbocycles. The van der Waals surface area contributed by atoms with Gasteiger partial charge < -0.3 is 14.8 Å². The number of benzene rings is 2. The fourth-order valence-electron chi connectivity index (χ4n) is 2.37. The van der Waals surface area contributed by atoms with Gasteiger partial charge in [0, 0.05) is 11.6 Å². The smallest absolute Gasteiger partial charge is 0.254 e. The molecule has 138 valence electrons. The SMILES string of the molecule is COc1ccc(-c2ccc(OCCNC(=O)c3ccccc3F)nn2)cc1. The normalized spacial score (nSPS) is 10.3. The van der Waals surface area contributed by atoms with Gasteiger partial charge in [0.1, 0.15) is 18.2 Å². The van der Waals surface area contributed by atoms with Crippen LogP contribution in [-0.4, -0.2) is 36.4 Å². The average molecular weight is 367 g/mol. The summed E-state index contributed by atoms with van der Waals surface area (Å²) in [5, 5.41) is 10.7. The number of rotatable bonds is 7. The number of hydrogen-bond donors (Lipinski definition) is 1. The van der Waals surface area contributed by atoms with E-state index in [-0.39, 0.29) is 18.7 Å². The molecule has 27 heavy (non-hydrogen) atoms. The van der Waals surface area contributed by atoms with E-state index in [9.17, 15) is 9.18 Å². The first-order chi connectivity index (χ1) is 13.2. The van der Waals surface area contributed by atoms with E-state index in [4.69, 9.17) is 9.47 Å². The standard InChI is InChI=1S/C20H18FN3O3/c1-26-15-8-6-14(7-9-15)18-10-11-19(24-23-18)27-13-12-22-20(25)16-4-2-3-5-17(16)21/h2-11H,12-13H2,1H3,(H,22,25). The van der Waals surface area contributed by atoms with E-state index in [1.54, 1.807) is 25.3 Å². The fraction of sp³-hybridized carbons (Fsp3) is 0.150. The van der Waals surface area contributed by atoms with Crippen molar-refractivity contribution >= 4 is 5.91 Å². The highest BCUT2D eigenvalue weighted by molar-refractivity contribution is 5.94. The van der Waals surface area contributed by atoms with Gasteiger partial charge in [0.15, 0.2) is 0 Å². The van der Waals surface area contributed by atoms with Gasteiger partial charge in [-0.15, -0.1) is 10.2 Å². The van der Waals surface area contributed by atoms with Crippen molar-refractivity contribution in [2.75, 3.05) is 20.3 Å². The molecule has 3 aromatic rings. The molecular weight excluding hydrogens is 349 g/mol. The molecule has 0 aliphatic rings. The molecule has 0 aliphatic carbocycles. The van der Waals surface area contributed by atoms with Gasteiger partial charge in [-0.05, 0) is 42.5 Å². The summed E-state index contributed by atoms with van der Waals surface area (Å²) in [6, 6.07) is 16.8. The predicted molar refractivity (Wildman–Crippen MR) is 98.2 cm³/mol. The number of halogens is 1. The second kappa shape index (κ2) is 8.75. The summed E-state index contributed by atoms with van der Waals surface area (Å²) in [5.41, 5.74) is 1.62. The van der Waals surface area contributed by atoms with Gasteiger partial charge in [0.05, 0.1) is 24.9 Å². The Kier molecular flexibility index (Phi) is 5.94. The van der Waals surface area contributed by atoms with Crippen LogP contribution in [0.1, 0.15) is 10.4 Å². The highest BCUT2D eigenvalue weighted by Crippen LogP contribution is 2.20. The number of ether oxygens (including phenoxy) is 2. The molecule has 0 aliphatic heterocycles. The van der Waals surface area contributed by atoms with E-state index >= 15 is 0 Å². The quantitative estimate of drug-likeness (QED) is 0.650. The Morgan fingerprint density at radius 1 is 1.04 bits per heavy atom. The number of hydrogen-bond acceptors (Lipinski definition) is 5. The second-order valence-electron chi connectivity index (χ2n) is 5.57. The third-order valence-corrected chi connectivity index (χ3v) is 3.78. The first kappa shape index (κ1) is 18.3. The van der Waals surface area contributed by atoms with Gasteiger partial charge in [-0.1, -0.05) is 12.1 Å². The Labute approximate surface area is 156 Å². The molecule has 1 N–H and O–H groups in total. The van der Waals surface area contributed by atoms with Crippen molar-refractivity contribution in [3.8, 4) is 22.9 Å². The maximum Gasteiger partial charge on any atom is 0.254 e. The molecule has 1 amide bonds. The van der Waals surface area contributed by atoms with Crippen LogP contribution in [0.4, 0.5) is 4.39 Å². The number of carbonyl (C=O) groups is 1. The van der Waals surface area contributed by atoms with Crippen molar-refractivity contribution in [2.45, 2.75) is 0 Å². The molecule has 0 unspecified atom stereocenters. The van der Waals surface area contributed by atoms with Gasteiger partial charge in [-0.3, -0.25) is 4.79 Å². The fourth-order valence-corrected chi connectivity index (χ4v) is 2.37. The van der Waals surface area contributed by atoms with E-state index < -0.39 is 11.7 Å². The first-order valence-corrected chi connectivity index (χ1v) is 8.31. The second-order valence-corrected chi connectivity index (χ2v) is 5.57. The first-order valence-electron chi connectivity index (χ1n) is 8.31. The summed E-state index contributed by atoms with van der Waals surface area (Å²) in [7, 11) is 1.61. The molecule has 0 atom stereocenters. The van der Waals surface area contributed by atoms with E-state index in [0.29, 0.717) is 11.6 Å². The minimum absolute atomic E-state index is 0.00105. The van der Waals surface area contributed by atoms with Crippen LogP contribution in [0.15, 0.2) is 60.7 Å². The number of carbonyl (C=O) groups excluding carboxylic acids is 1. The van der Waals surface area contributed by atoms with Crippen LogP contribution in [0.2, 0.25) is 0 Å². The molecule has 2 aromatic carbocycles. The third kappa shape index (κ3) is 4.78. The summed E-state index contributed by atoms with van der Waals surface area (Å²) in [5.74, 6) is 0.0602. The zero-order valence-corrected chi connectivity index (χ0v) is 14.7. The van der Waals surface area contributed by atoms with Crippen molar-refractivity contribution in [1.29, 1.82) is 0 Å². The molecular formula is C20H18FN3O3. The molecule has 1 heterocycles. The van der Waals surface area contributed by atoms with Crippen LogP contribution in [0, 0.1) is 5.82 Å². The Hall–Kier alpha value is -3.48. The van der Waals surface area contributed by atoms with Crippen LogP contribution in [0.5, 0.6) is 11.6 Å². The number of methoxy groups -OCH3 is 1. The summed E-state index contributed by atoms with van der Waals surface area (Å²) in [6.45, 7) is 0.409. The lowest BCUT2D eigenvalue weighted by Crippen LogP contribution is -2.28. The monoisotopic (exact) mass is 367 g/mol. The van der Waals surface area contributed by atoms with Gasteiger partial charge >= 0.3 is 0 Å². The van der Waals surface area contributed by atoms with Gasteiger partial charge in [-0.2, -0.15) is 0 Å². The Morgan fingerprint density at radius 2 is 1.81 bits per heavy atom. The maximum atomic E-state index is 13.5. The largest absolute Gasteiger partial charge is 0.497 e. The number of aromatic nitrogens is 2. The molecule has 0 radical (unpaired) electrons. The Bertz CT molecular complexity index is 899. The molecule has 0 spiro atoms. The van der Waals surface area contributed by atoms with Gasteiger partial charge in [0.2, 0.25) is 5.88 Å². The number of nitrogens with zero attached hydrogens (tertiary/aromatic N) is 2. The molecule has 1 aromatic heterocycles. The molecule has 7 heteroatoms. The minimum Gasteiger partial charge on any atom is -0.497 e. The van der Waals surface area contributed by atoms with E-state index in [0.717, 1.165) is 11.3 Å². The molecule has 0 saturated heterocycles. The van der Waals surface area contributed by atoms with Crippen molar-refractivity contribution in [3.05, 3.63) is 72.0 Å². The zero-order valence-electron chi connectivity index (χ0n) is 14.7. The molecule has 6 nitrogen and oxygen atoms in total. The maximum absolute atomic E-state index is 13.5. The molecule has 0 bridgehead atoms. The molecule has 3 rings (SSSR count). The topological polar surface area (TPSA) is 73.3 Å². The lowest BCUT2D eigenvalue weighted by atomic mass is 10.1. The van der Waals surface area contributed by atoms with Crippen molar-refractivity contribution in [3.63, 3.8) is 0 Å². The van der Waals surface area contributed by atoms with Crippen molar-refractivity contribution in [1.82, 2.24) is 15.5 Å². The minimum atomic E-state index is -0.559. The van der Waals surface area contributed by atoms with Crippen molar-refractivity contribution < 1.29 is 18.7 Å². The summed E-state index contributed by atoms with van der Waals surface area (Å²) in [4.78, 5) is 11.9. The lowest BCUT2D eigenvalue weighted by molar-refractivity contribution is 0.0942. The number of nitrogens with one attached hydrogen (secondary N) is 1. The van der Waals surface area contributed by atoms with E-state index in [2.05, 4.69) is 15.5 Å². The van der Waals surface area contributed by atoms with Crippen LogP contribution >= 0.6 is 0 Å². The third-order valence-electron chi connectivity index (χ3n) is 3.78. The molecule has 0 fully saturated rings. The Morgan fingerprint density at radius 3 is 2.48 bits per heavy atom. The highest BCUT2D eigenvalue weighted by Gasteiger charge is 2.10. The van der Waals surface area contributed by atoms with Gasteiger partial charge in [-0.25, -0.2) is 4.39 Å². The van der Waals surface area contributed by atoms with Gasteiger partial charge in [0.25, 0.3) is 5.91 Å². The van der Waals surface area contributed by atoms with E-state index in [1.165, 1.54) is 18.2 Å². The van der Waals surface area contributed by atoms with Crippen LogP contribution in [-0.2, 0) is 0 Å². The zero-order chi connectivity index (χ0) is 19.1. The number of amides is 1. The summed E-state index contributed by atoms with van der Waals surface area (Å²) < 4.78 is 24.1. The summed E-state index contributed by atoms with van der Waals surface area (Å²) in [6.07, 6.45) is 0. The van der Waals surface area contributed by atoms with E-state index in [1.807, 2.05) is 24.3 Å². The average Bonchev–Trinajstić information content (AvgIpc) is 2.72. The van der Waals surface area contributed by atoms with Crippen LogP contribution < -0.4 is 14.8 Å². The van der Waals surface area contributed by atoms with Crippen LogP contribution in [0.25, 0.3) is 11.3 Å². The predicted octanol–water partition coefficient (Wildman–Crippen LogP) is 3.10. The highest BCUT2D eigenvalue weighted by atomic mass is 19.1. The lowest BCUT2D eigenvalue weighted by Gasteiger charge is -2.08. The van der Waals surface area contributed by atoms with Crippen molar-refractivity contribution in [2.24, 2.45) is 0 Å².